The van der Waals surface area contributed by atoms with E-state index in [4.69, 9.17) is 16.3 Å². The van der Waals surface area contributed by atoms with Crippen LogP contribution in [-0.2, 0) is 4.79 Å². The molecule has 0 saturated heterocycles. The van der Waals surface area contributed by atoms with Crippen molar-refractivity contribution in [2.45, 2.75) is 20.0 Å². The monoisotopic (exact) mass is 393 g/mol. The van der Waals surface area contributed by atoms with Crippen molar-refractivity contribution in [2.24, 2.45) is 0 Å². The number of ether oxygens (including phenoxy) is 1. The van der Waals surface area contributed by atoms with Crippen molar-refractivity contribution in [1.29, 1.82) is 0 Å². The van der Waals surface area contributed by atoms with Crippen LogP contribution in [0.3, 0.4) is 0 Å². The van der Waals surface area contributed by atoms with E-state index in [0.717, 1.165) is 5.56 Å². The van der Waals surface area contributed by atoms with Crippen LogP contribution in [0.5, 0.6) is 5.75 Å². The molecule has 0 aromatic heterocycles. The van der Waals surface area contributed by atoms with Gasteiger partial charge in [-0.3, -0.25) is 9.59 Å². The van der Waals surface area contributed by atoms with Gasteiger partial charge >= 0.3 is 0 Å². The minimum atomic E-state index is -0.738. The van der Waals surface area contributed by atoms with Gasteiger partial charge in [-0.25, -0.2) is 0 Å². The molecule has 3 aromatic carbocycles. The number of hydrogen-bond donors (Lipinski definition) is 1. The van der Waals surface area contributed by atoms with Crippen LogP contribution in [0, 0.1) is 6.92 Å². The van der Waals surface area contributed by atoms with Crippen LogP contribution in [0.15, 0.2) is 72.8 Å². The maximum atomic E-state index is 12.9. The van der Waals surface area contributed by atoms with Gasteiger partial charge in [-0.05, 0) is 44.2 Å². The average molecular weight is 394 g/mol. The Morgan fingerprint density at radius 1 is 0.964 bits per heavy atom. The molecule has 0 bridgehead atoms. The van der Waals surface area contributed by atoms with Crippen molar-refractivity contribution in [3.63, 3.8) is 0 Å². The van der Waals surface area contributed by atoms with E-state index < -0.39 is 6.10 Å². The first kappa shape index (κ1) is 19.6. The molecule has 0 aliphatic carbocycles. The van der Waals surface area contributed by atoms with Crippen LogP contribution in [-0.4, -0.2) is 17.8 Å². The van der Waals surface area contributed by atoms with Gasteiger partial charge < -0.3 is 10.1 Å². The van der Waals surface area contributed by atoms with Crippen molar-refractivity contribution >= 4 is 29.0 Å². The van der Waals surface area contributed by atoms with Crippen molar-refractivity contribution in [3.8, 4) is 5.75 Å². The summed E-state index contributed by atoms with van der Waals surface area (Å²) in [5.41, 5.74) is 2.34. The van der Waals surface area contributed by atoms with Gasteiger partial charge in [0.2, 0.25) is 0 Å². The molecule has 0 saturated carbocycles. The lowest BCUT2D eigenvalue weighted by Gasteiger charge is -2.16. The highest BCUT2D eigenvalue weighted by Gasteiger charge is 2.20. The van der Waals surface area contributed by atoms with E-state index in [2.05, 4.69) is 5.32 Å². The second-order valence-electron chi connectivity index (χ2n) is 6.45. The third kappa shape index (κ3) is 4.78. The highest BCUT2D eigenvalue weighted by molar-refractivity contribution is 6.31. The summed E-state index contributed by atoms with van der Waals surface area (Å²) in [7, 11) is 0. The Morgan fingerprint density at radius 2 is 1.64 bits per heavy atom. The molecule has 3 aromatic rings. The van der Waals surface area contributed by atoms with Crippen LogP contribution in [0.25, 0.3) is 0 Å². The molecule has 0 spiro atoms. The van der Waals surface area contributed by atoms with Crippen molar-refractivity contribution < 1.29 is 14.3 Å². The first-order valence-corrected chi connectivity index (χ1v) is 9.25. The number of ketones is 1. The number of hydrogen-bond acceptors (Lipinski definition) is 3. The Kier molecular flexibility index (Phi) is 6.12. The quantitative estimate of drug-likeness (QED) is 0.579. The molecule has 142 valence electrons. The van der Waals surface area contributed by atoms with Crippen molar-refractivity contribution in [3.05, 3.63) is 94.5 Å². The minimum Gasteiger partial charge on any atom is -0.481 e. The number of benzene rings is 3. The Hall–Kier alpha value is -3.11. The van der Waals surface area contributed by atoms with Crippen LogP contribution in [0.4, 0.5) is 5.69 Å². The second kappa shape index (κ2) is 8.72. The van der Waals surface area contributed by atoms with Gasteiger partial charge in [-0.2, -0.15) is 0 Å². The smallest absolute Gasteiger partial charge is 0.265 e. The van der Waals surface area contributed by atoms with Crippen LogP contribution in [0.1, 0.15) is 28.4 Å². The first-order chi connectivity index (χ1) is 13.4. The lowest BCUT2D eigenvalue weighted by atomic mass is 10.0. The molecule has 28 heavy (non-hydrogen) atoms. The maximum absolute atomic E-state index is 12.9. The molecule has 0 radical (unpaired) electrons. The highest BCUT2D eigenvalue weighted by Crippen LogP contribution is 2.24. The third-order valence-electron chi connectivity index (χ3n) is 4.22. The number of rotatable bonds is 6. The van der Waals surface area contributed by atoms with Gasteiger partial charge in [0.05, 0.1) is 5.69 Å². The van der Waals surface area contributed by atoms with E-state index in [1.54, 1.807) is 49.4 Å². The van der Waals surface area contributed by atoms with Gasteiger partial charge in [0.25, 0.3) is 5.91 Å². The Labute approximate surface area is 169 Å². The summed E-state index contributed by atoms with van der Waals surface area (Å²) in [6.07, 6.45) is -0.738. The van der Waals surface area contributed by atoms with E-state index in [1.165, 1.54) is 0 Å². The fraction of sp³-hybridized carbons (Fsp3) is 0.130. The highest BCUT2D eigenvalue weighted by atomic mass is 35.5. The molecule has 0 fully saturated rings. The predicted molar refractivity (Wildman–Crippen MR) is 111 cm³/mol. The molecule has 1 atom stereocenters. The van der Waals surface area contributed by atoms with Gasteiger partial charge in [-0.1, -0.05) is 59.6 Å². The van der Waals surface area contributed by atoms with Crippen molar-refractivity contribution in [1.82, 2.24) is 0 Å². The normalized spacial score (nSPS) is 11.5. The number of aryl methyl sites for hydroxylation is 1. The molecule has 5 heteroatoms. The second-order valence-corrected chi connectivity index (χ2v) is 6.88. The summed E-state index contributed by atoms with van der Waals surface area (Å²) in [6.45, 7) is 3.63. The number of nitrogens with one attached hydrogen (secondary N) is 1. The fourth-order valence-corrected chi connectivity index (χ4v) is 2.84. The fourth-order valence-electron chi connectivity index (χ4n) is 2.67. The maximum Gasteiger partial charge on any atom is 0.265 e. The van der Waals surface area contributed by atoms with Gasteiger partial charge in [0.15, 0.2) is 11.9 Å². The molecule has 3 rings (SSSR count). The zero-order valence-electron chi connectivity index (χ0n) is 15.6. The molecule has 1 N–H and O–H groups in total. The zero-order chi connectivity index (χ0) is 20.1. The SMILES string of the molecule is Cc1ccc(O[C@H](C)C(=O)Nc2ccc(Cl)cc2C(=O)c2ccccc2)cc1. The van der Waals surface area contributed by atoms with Crippen LogP contribution >= 0.6 is 11.6 Å². The van der Waals surface area contributed by atoms with E-state index in [1.807, 2.05) is 37.3 Å². The van der Waals surface area contributed by atoms with Gasteiger partial charge in [-0.15, -0.1) is 0 Å². The van der Waals surface area contributed by atoms with E-state index in [9.17, 15) is 9.59 Å². The number of carbonyl (C=O) groups is 2. The summed E-state index contributed by atoms with van der Waals surface area (Å²) in [5.74, 6) is 0.0282. The number of amides is 1. The third-order valence-corrected chi connectivity index (χ3v) is 4.46. The summed E-state index contributed by atoms with van der Waals surface area (Å²) in [4.78, 5) is 25.5. The molecule has 0 aliphatic heterocycles. The van der Waals surface area contributed by atoms with Gasteiger partial charge in [0, 0.05) is 16.1 Å². The molecular formula is C23H20ClNO3. The number of carbonyl (C=O) groups excluding carboxylic acids is 2. The average Bonchev–Trinajstić information content (AvgIpc) is 2.71. The minimum absolute atomic E-state index is 0.217. The number of anilines is 1. The standard InChI is InChI=1S/C23H20ClNO3/c1-15-8-11-19(12-9-15)28-16(2)23(27)25-21-13-10-18(24)14-20(21)22(26)17-6-4-3-5-7-17/h3-14,16H,1-2H3,(H,25,27)/t16-/m1/s1. The Morgan fingerprint density at radius 3 is 2.32 bits per heavy atom. The summed E-state index contributed by atoms with van der Waals surface area (Å²) in [6, 6.07) is 21.1. The largest absolute Gasteiger partial charge is 0.481 e. The summed E-state index contributed by atoms with van der Waals surface area (Å²) < 4.78 is 5.69. The lowest BCUT2D eigenvalue weighted by Crippen LogP contribution is -2.30. The molecule has 0 aliphatic rings. The van der Waals surface area contributed by atoms with Crippen LogP contribution < -0.4 is 10.1 Å². The van der Waals surface area contributed by atoms with Crippen LogP contribution in [0.2, 0.25) is 5.02 Å². The summed E-state index contributed by atoms with van der Waals surface area (Å²) >= 11 is 6.08. The predicted octanol–water partition coefficient (Wildman–Crippen LogP) is 5.29. The molecule has 0 heterocycles. The van der Waals surface area contributed by atoms with E-state index >= 15 is 0 Å². The number of halogens is 1. The van der Waals surface area contributed by atoms with E-state index in [-0.39, 0.29) is 11.7 Å². The molecule has 1 amide bonds. The molecule has 0 unspecified atom stereocenters. The first-order valence-electron chi connectivity index (χ1n) is 8.87. The molecule has 4 nitrogen and oxygen atoms in total. The Balaban J connectivity index is 1.79. The molecular weight excluding hydrogens is 374 g/mol. The lowest BCUT2D eigenvalue weighted by molar-refractivity contribution is -0.122. The van der Waals surface area contributed by atoms with Gasteiger partial charge in [0.1, 0.15) is 5.75 Å². The van der Waals surface area contributed by atoms with Crippen molar-refractivity contribution in [2.75, 3.05) is 5.32 Å². The Bertz CT molecular complexity index is 984. The zero-order valence-corrected chi connectivity index (χ0v) is 16.4. The summed E-state index contributed by atoms with van der Waals surface area (Å²) in [5, 5.41) is 3.19. The topological polar surface area (TPSA) is 55.4 Å². The van der Waals surface area contributed by atoms with E-state index in [0.29, 0.717) is 27.6 Å².